The molecule has 25 heavy (non-hydrogen) atoms. The number of aromatic nitrogens is 1. The van der Waals surface area contributed by atoms with E-state index in [0.29, 0.717) is 5.75 Å². The Bertz CT molecular complexity index is 974. The first-order valence-corrected chi connectivity index (χ1v) is 9.77. The van der Waals surface area contributed by atoms with Gasteiger partial charge in [0.05, 0.1) is 16.0 Å². The van der Waals surface area contributed by atoms with Crippen LogP contribution in [0.2, 0.25) is 0 Å². The third kappa shape index (κ3) is 3.65. The second kappa shape index (κ2) is 7.21. The summed E-state index contributed by atoms with van der Waals surface area (Å²) in [6, 6.07) is 26.0. The fraction of sp³-hybridized carbons (Fsp3) is 0.0476. The van der Waals surface area contributed by atoms with Crippen LogP contribution in [-0.2, 0) is 0 Å². The molecule has 0 saturated heterocycles. The third-order valence-corrected chi connectivity index (χ3v) is 6.09. The van der Waals surface area contributed by atoms with Crippen molar-refractivity contribution in [3.63, 3.8) is 0 Å². The number of fused-ring (bicyclic) bond motifs is 1. The number of para-hydroxylation sites is 1. The molecule has 1 aromatic heterocycles. The summed E-state index contributed by atoms with van der Waals surface area (Å²) < 4.78 is 2.10. The van der Waals surface area contributed by atoms with Crippen LogP contribution in [0.25, 0.3) is 21.3 Å². The number of Topliss-reactive ketones (excluding diaryl/α,β-unsaturated/α-hetero) is 1. The van der Waals surface area contributed by atoms with E-state index in [2.05, 4.69) is 23.2 Å². The molecule has 0 aliphatic heterocycles. The Labute approximate surface area is 154 Å². The van der Waals surface area contributed by atoms with Crippen molar-refractivity contribution in [3.8, 4) is 11.1 Å². The number of ketones is 1. The molecule has 0 fully saturated rings. The van der Waals surface area contributed by atoms with Crippen molar-refractivity contribution >= 4 is 39.1 Å². The molecular formula is C21H15NOS2. The number of hydrogen-bond donors (Lipinski definition) is 0. The van der Waals surface area contributed by atoms with Crippen molar-refractivity contribution in [1.82, 2.24) is 4.98 Å². The van der Waals surface area contributed by atoms with Crippen LogP contribution in [0.4, 0.5) is 0 Å². The number of carbonyl (C=O) groups excluding carboxylic acids is 1. The van der Waals surface area contributed by atoms with Crippen LogP contribution in [0.15, 0.2) is 83.2 Å². The maximum Gasteiger partial charge on any atom is 0.173 e. The molecule has 0 saturated carbocycles. The van der Waals surface area contributed by atoms with E-state index in [9.17, 15) is 4.79 Å². The fourth-order valence-corrected chi connectivity index (χ4v) is 4.57. The standard InChI is InChI=1S/C21H15NOS2/c23-19(14-24-21-22-18-8-4-5-9-20(18)25-21)17-12-10-16(11-13-17)15-6-2-1-3-7-15/h1-13H,14H2. The summed E-state index contributed by atoms with van der Waals surface area (Å²) in [5.74, 6) is 0.536. The minimum absolute atomic E-state index is 0.129. The Morgan fingerprint density at radius 1 is 0.840 bits per heavy atom. The van der Waals surface area contributed by atoms with Gasteiger partial charge in [-0.2, -0.15) is 0 Å². The van der Waals surface area contributed by atoms with Crippen LogP contribution in [0, 0.1) is 0 Å². The smallest absolute Gasteiger partial charge is 0.173 e. The molecule has 0 bridgehead atoms. The van der Waals surface area contributed by atoms with Crippen LogP contribution in [0.1, 0.15) is 10.4 Å². The molecule has 0 atom stereocenters. The highest BCUT2D eigenvalue weighted by Gasteiger charge is 2.10. The lowest BCUT2D eigenvalue weighted by Gasteiger charge is -2.03. The average molecular weight is 361 g/mol. The highest BCUT2D eigenvalue weighted by Crippen LogP contribution is 2.29. The van der Waals surface area contributed by atoms with Gasteiger partial charge >= 0.3 is 0 Å². The first-order chi connectivity index (χ1) is 12.3. The lowest BCUT2D eigenvalue weighted by atomic mass is 10.0. The Balaban J connectivity index is 1.44. The zero-order valence-corrected chi connectivity index (χ0v) is 15.0. The van der Waals surface area contributed by atoms with E-state index in [0.717, 1.165) is 31.2 Å². The number of thiazole rings is 1. The lowest BCUT2D eigenvalue weighted by Crippen LogP contribution is -2.01. The quantitative estimate of drug-likeness (QED) is 0.325. The van der Waals surface area contributed by atoms with Gasteiger partial charge in [-0.3, -0.25) is 4.79 Å². The lowest BCUT2D eigenvalue weighted by molar-refractivity contribution is 0.102. The molecule has 0 N–H and O–H groups in total. The number of benzene rings is 3. The Morgan fingerprint density at radius 3 is 2.28 bits per heavy atom. The van der Waals surface area contributed by atoms with Crippen molar-refractivity contribution in [2.75, 3.05) is 5.75 Å². The maximum absolute atomic E-state index is 12.4. The van der Waals surface area contributed by atoms with E-state index in [1.54, 1.807) is 11.3 Å². The molecule has 4 aromatic rings. The van der Waals surface area contributed by atoms with Crippen LogP contribution < -0.4 is 0 Å². The molecule has 0 spiro atoms. The predicted octanol–water partition coefficient (Wildman–Crippen LogP) is 5.94. The molecule has 4 rings (SSSR count). The van der Waals surface area contributed by atoms with Crippen LogP contribution in [0.3, 0.4) is 0 Å². The van der Waals surface area contributed by atoms with E-state index >= 15 is 0 Å². The van der Waals surface area contributed by atoms with Gasteiger partial charge in [-0.15, -0.1) is 11.3 Å². The molecule has 0 unspecified atom stereocenters. The molecule has 122 valence electrons. The van der Waals surface area contributed by atoms with E-state index in [1.165, 1.54) is 11.8 Å². The fourth-order valence-electron chi connectivity index (χ4n) is 2.60. The average Bonchev–Trinajstić information content (AvgIpc) is 3.10. The Morgan fingerprint density at radius 2 is 1.52 bits per heavy atom. The molecule has 4 heteroatoms. The van der Waals surface area contributed by atoms with Gasteiger partial charge in [0, 0.05) is 5.56 Å². The van der Waals surface area contributed by atoms with Crippen LogP contribution in [0.5, 0.6) is 0 Å². The highest BCUT2D eigenvalue weighted by atomic mass is 32.2. The van der Waals surface area contributed by atoms with Gasteiger partial charge in [-0.1, -0.05) is 78.5 Å². The maximum atomic E-state index is 12.4. The summed E-state index contributed by atoms with van der Waals surface area (Å²) in [6.07, 6.45) is 0. The second-order valence-electron chi connectivity index (χ2n) is 5.60. The molecular weight excluding hydrogens is 346 g/mol. The topological polar surface area (TPSA) is 30.0 Å². The molecule has 0 amide bonds. The van der Waals surface area contributed by atoms with Crippen LogP contribution in [-0.4, -0.2) is 16.5 Å². The molecule has 0 aliphatic carbocycles. The second-order valence-corrected chi connectivity index (χ2v) is 7.86. The van der Waals surface area contributed by atoms with Crippen molar-refractivity contribution in [3.05, 3.63) is 84.4 Å². The normalized spacial score (nSPS) is 10.9. The van der Waals surface area contributed by atoms with Crippen molar-refractivity contribution < 1.29 is 4.79 Å². The van der Waals surface area contributed by atoms with E-state index in [-0.39, 0.29) is 5.78 Å². The summed E-state index contributed by atoms with van der Waals surface area (Å²) in [7, 11) is 0. The summed E-state index contributed by atoms with van der Waals surface area (Å²) in [5.41, 5.74) is 4.02. The van der Waals surface area contributed by atoms with E-state index in [1.807, 2.05) is 60.7 Å². The number of nitrogens with zero attached hydrogens (tertiary/aromatic N) is 1. The third-order valence-electron chi connectivity index (χ3n) is 3.91. The molecule has 1 heterocycles. The summed E-state index contributed by atoms with van der Waals surface area (Å²) >= 11 is 3.14. The minimum atomic E-state index is 0.129. The Hall–Kier alpha value is -2.43. The first-order valence-electron chi connectivity index (χ1n) is 7.97. The Kier molecular flexibility index (Phi) is 4.63. The number of carbonyl (C=O) groups is 1. The summed E-state index contributed by atoms with van der Waals surface area (Å²) in [6.45, 7) is 0. The van der Waals surface area contributed by atoms with Gasteiger partial charge in [-0.25, -0.2) is 4.98 Å². The number of hydrogen-bond acceptors (Lipinski definition) is 4. The van der Waals surface area contributed by atoms with Crippen LogP contribution >= 0.6 is 23.1 Å². The van der Waals surface area contributed by atoms with Crippen molar-refractivity contribution in [2.24, 2.45) is 0 Å². The SMILES string of the molecule is O=C(CSc1nc2ccccc2s1)c1ccc(-c2ccccc2)cc1. The van der Waals surface area contributed by atoms with Gasteiger partial charge < -0.3 is 0 Å². The van der Waals surface area contributed by atoms with Gasteiger partial charge in [0.1, 0.15) is 0 Å². The minimum Gasteiger partial charge on any atom is -0.293 e. The van der Waals surface area contributed by atoms with E-state index in [4.69, 9.17) is 0 Å². The predicted molar refractivity (Wildman–Crippen MR) is 107 cm³/mol. The zero-order valence-electron chi connectivity index (χ0n) is 13.4. The summed E-state index contributed by atoms with van der Waals surface area (Å²) in [4.78, 5) is 17.0. The van der Waals surface area contributed by atoms with Crippen molar-refractivity contribution in [2.45, 2.75) is 4.34 Å². The molecule has 3 aromatic carbocycles. The first kappa shape index (κ1) is 16.1. The van der Waals surface area contributed by atoms with Crippen molar-refractivity contribution in [1.29, 1.82) is 0 Å². The number of thioether (sulfide) groups is 1. The summed E-state index contributed by atoms with van der Waals surface area (Å²) in [5, 5.41) is 0. The molecule has 0 aliphatic rings. The molecule has 2 nitrogen and oxygen atoms in total. The monoisotopic (exact) mass is 361 g/mol. The van der Waals surface area contributed by atoms with Gasteiger partial charge in [-0.05, 0) is 23.3 Å². The van der Waals surface area contributed by atoms with Gasteiger partial charge in [0.2, 0.25) is 0 Å². The zero-order chi connectivity index (χ0) is 17.1. The van der Waals surface area contributed by atoms with E-state index < -0.39 is 0 Å². The molecule has 0 radical (unpaired) electrons. The largest absolute Gasteiger partial charge is 0.293 e. The van der Waals surface area contributed by atoms with Gasteiger partial charge in [0.15, 0.2) is 10.1 Å². The highest BCUT2D eigenvalue weighted by molar-refractivity contribution is 8.01. The van der Waals surface area contributed by atoms with Gasteiger partial charge in [0.25, 0.3) is 0 Å². The number of rotatable bonds is 5.